The Morgan fingerprint density at radius 2 is 1.66 bits per heavy atom. The Hall–Kier alpha value is -4.29. The van der Waals surface area contributed by atoms with Gasteiger partial charge in [0.25, 0.3) is 0 Å². The van der Waals surface area contributed by atoms with Crippen LogP contribution < -0.4 is 15.4 Å². The summed E-state index contributed by atoms with van der Waals surface area (Å²) in [7, 11) is 3.99. The van der Waals surface area contributed by atoms with Gasteiger partial charge in [-0.2, -0.15) is 5.26 Å². The number of esters is 2. The maximum atomic E-state index is 13.1. The molecule has 182 valence electrons. The number of allylic oxidation sites excluding steroid dienone is 1. The first-order valence-electron chi connectivity index (χ1n) is 10.8. The second-order valence-electron chi connectivity index (χ2n) is 7.71. The highest BCUT2D eigenvalue weighted by Gasteiger charge is 2.42. The van der Waals surface area contributed by atoms with Crippen molar-refractivity contribution in [2.75, 3.05) is 32.8 Å². The van der Waals surface area contributed by atoms with Gasteiger partial charge < -0.3 is 24.7 Å². The van der Waals surface area contributed by atoms with Crippen molar-refractivity contribution in [1.29, 1.82) is 5.26 Å². The Balaban J connectivity index is 2.22. The number of nitrogens with two attached hydrogens (primary N) is 1. The van der Waals surface area contributed by atoms with E-state index in [0.29, 0.717) is 23.6 Å². The fourth-order valence-electron chi connectivity index (χ4n) is 3.96. The topological polar surface area (TPSA) is 124 Å². The van der Waals surface area contributed by atoms with Crippen LogP contribution in [0.4, 0.5) is 5.69 Å². The molecule has 35 heavy (non-hydrogen) atoms. The fraction of sp³-hybridized carbons (Fsp3) is 0.269. The number of carbonyl (C=O) groups is 2. The predicted octanol–water partition coefficient (Wildman–Crippen LogP) is 3.00. The van der Waals surface area contributed by atoms with Gasteiger partial charge in [-0.3, -0.25) is 4.90 Å². The van der Waals surface area contributed by atoms with Crippen LogP contribution in [0.1, 0.15) is 18.4 Å². The molecule has 0 spiro atoms. The van der Waals surface area contributed by atoms with Gasteiger partial charge in [0.2, 0.25) is 0 Å². The zero-order valence-electron chi connectivity index (χ0n) is 20.0. The van der Waals surface area contributed by atoms with Gasteiger partial charge in [0.15, 0.2) is 0 Å². The molecule has 0 bridgehead atoms. The third kappa shape index (κ3) is 5.13. The molecule has 0 saturated carbocycles. The van der Waals surface area contributed by atoms with E-state index in [1.54, 1.807) is 61.7 Å². The molecule has 0 aromatic heterocycles. The van der Waals surface area contributed by atoms with Gasteiger partial charge in [-0.1, -0.05) is 30.3 Å². The quantitative estimate of drug-likeness (QED) is 0.571. The van der Waals surface area contributed by atoms with Gasteiger partial charge in [-0.25, -0.2) is 9.59 Å². The maximum absolute atomic E-state index is 13.1. The molecule has 0 radical (unpaired) electrons. The van der Waals surface area contributed by atoms with Crippen molar-refractivity contribution in [2.24, 2.45) is 5.73 Å². The molecule has 1 aliphatic heterocycles. The van der Waals surface area contributed by atoms with Crippen molar-refractivity contribution in [3.05, 3.63) is 82.8 Å². The fourth-order valence-corrected chi connectivity index (χ4v) is 3.96. The summed E-state index contributed by atoms with van der Waals surface area (Å²) in [4.78, 5) is 27.4. The number of hydrogen-bond donors (Lipinski definition) is 1. The molecule has 9 nitrogen and oxygen atoms in total. The summed E-state index contributed by atoms with van der Waals surface area (Å²) >= 11 is 0. The van der Waals surface area contributed by atoms with E-state index in [2.05, 4.69) is 6.07 Å². The lowest BCUT2D eigenvalue weighted by Crippen LogP contribution is -2.40. The molecule has 3 rings (SSSR count). The van der Waals surface area contributed by atoms with E-state index in [1.807, 2.05) is 6.92 Å². The second-order valence-corrected chi connectivity index (χ2v) is 7.71. The average molecular weight is 478 g/mol. The van der Waals surface area contributed by atoms with Crippen molar-refractivity contribution >= 4 is 17.6 Å². The van der Waals surface area contributed by atoms with E-state index in [0.717, 1.165) is 0 Å². The minimum absolute atomic E-state index is 0.00387. The van der Waals surface area contributed by atoms with Crippen LogP contribution in [-0.4, -0.2) is 46.0 Å². The van der Waals surface area contributed by atoms with Gasteiger partial charge in [0.05, 0.1) is 44.0 Å². The minimum atomic E-state index is -0.920. The highest BCUT2D eigenvalue weighted by atomic mass is 16.5. The van der Waals surface area contributed by atoms with Crippen LogP contribution in [-0.2, 0) is 23.8 Å². The number of anilines is 1. The molecular formula is C26H27N3O6. The summed E-state index contributed by atoms with van der Waals surface area (Å²) in [6, 6.07) is 17.7. The Morgan fingerprint density at radius 1 is 1.03 bits per heavy atom. The smallest absolute Gasteiger partial charge is 0.355 e. The molecule has 9 heteroatoms. The van der Waals surface area contributed by atoms with Crippen LogP contribution >= 0.6 is 0 Å². The monoisotopic (exact) mass is 477 g/mol. The lowest BCUT2D eigenvalue weighted by Gasteiger charge is -2.35. The third-order valence-corrected chi connectivity index (χ3v) is 5.44. The Kier molecular flexibility index (Phi) is 8.12. The van der Waals surface area contributed by atoms with Crippen LogP contribution in [0.25, 0.3) is 0 Å². The summed E-state index contributed by atoms with van der Waals surface area (Å²) in [5, 5.41) is 10.1. The SMILES string of the molecule is COCC(C)Oc1ccc(N2C(N)=C(C#N)C(c3ccccc3)C(C(=O)OC)=C2C(=O)OC)cc1. The van der Waals surface area contributed by atoms with Crippen molar-refractivity contribution in [3.8, 4) is 11.8 Å². The van der Waals surface area contributed by atoms with Gasteiger partial charge in [0, 0.05) is 12.8 Å². The normalized spacial score (nSPS) is 16.4. The number of rotatable bonds is 8. The molecule has 2 aromatic rings. The van der Waals surface area contributed by atoms with Crippen LogP contribution in [0.3, 0.4) is 0 Å². The highest BCUT2D eigenvalue weighted by molar-refractivity contribution is 6.06. The maximum Gasteiger partial charge on any atom is 0.355 e. The molecule has 0 aliphatic carbocycles. The van der Waals surface area contributed by atoms with E-state index in [9.17, 15) is 14.9 Å². The van der Waals surface area contributed by atoms with E-state index < -0.39 is 17.9 Å². The molecule has 1 aliphatic rings. The highest BCUT2D eigenvalue weighted by Crippen LogP contribution is 2.43. The second kappa shape index (κ2) is 11.2. The molecule has 0 saturated heterocycles. The largest absolute Gasteiger partial charge is 0.488 e. The minimum Gasteiger partial charge on any atom is -0.488 e. The lowest BCUT2D eigenvalue weighted by molar-refractivity contribution is -0.139. The number of nitriles is 1. The standard InChI is InChI=1S/C26H27N3O6/c1-16(15-32-2)35-19-12-10-18(11-13-19)29-23(26(31)34-4)22(25(30)33-3)21(20(14-27)24(29)28)17-8-6-5-7-9-17/h5-13,16,21H,15,28H2,1-4H3. The number of methoxy groups -OCH3 is 3. The van der Waals surface area contributed by atoms with E-state index in [1.165, 1.54) is 19.1 Å². The molecule has 0 amide bonds. The number of nitrogens with zero attached hydrogens (tertiary/aromatic N) is 2. The lowest BCUT2D eigenvalue weighted by atomic mass is 9.81. The molecule has 0 fully saturated rings. The number of carbonyl (C=O) groups excluding carboxylic acids is 2. The van der Waals surface area contributed by atoms with Crippen LogP contribution in [0, 0.1) is 11.3 Å². The van der Waals surface area contributed by atoms with Crippen molar-refractivity contribution in [2.45, 2.75) is 18.9 Å². The van der Waals surface area contributed by atoms with Crippen molar-refractivity contribution < 1.29 is 28.5 Å². The van der Waals surface area contributed by atoms with Crippen LogP contribution in [0.5, 0.6) is 5.75 Å². The van der Waals surface area contributed by atoms with Gasteiger partial charge in [-0.05, 0) is 36.8 Å². The summed E-state index contributed by atoms with van der Waals surface area (Å²) in [5.41, 5.74) is 7.42. The Bertz CT molecular complexity index is 1180. The zero-order chi connectivity index (χ0) is 25.5. The first-order valence-corrected chi connectivity index (χ1v) is 10.8. The van der Waals surface area contributed by atoms with E-state index in [-0.39, 0.29) is 28.8 Å². The first kappa shape index (κ1) is 25.3. The average Bonchev–Trinajstić information content (AvgIpc) is 2.88. The first-order chi connectivity index (χ1) is 16.9. The van der Waals surface area contributed by atoms with Gasteiger partial charge in [0.1, 0.15) is 23.4 Å². The summed E-state index contributed by atoms with van der Waals surface area (Å²) in [6.07, 6.45) is -0.181. The summed E-state index contributed by atoms with van der Waals surface area (Å²) in [5.74, 6) is -1.94. The molecule has 2 unspecified atom stereocenters. The third-order valence-electron chi connectivity index (χ3n) is 5.44. The number of hydrogen-bond acceptors (Lipinski definition) is 9. The summed E-state index contributed by atoms with van der Waals surface area (Å²) in [6.45, 7) is 2.28. The number of benzene rings is 2. The Morgan fingerprint density at radius 3 is 2.20 bits per heavy atom. The zero-order valence-corrected chi connectivity index (χ0v) is 20.0. The molecule has 2 atom stereocenters. The molecular weight excluding hydrogens is 450 g/mol. The summed E-state index contributed by atoms with van der Waals surface area (Å²) < 4.78 is 20.9. The van der Waals surface area contributed by atoms with Crippen LogP contribution in [0.15, 0.2) is 77.3 Å². The van der Waals surface area contributed by atoms with Crippen molar-refractivity contribution in [3.63, 3.8) is 0 Å². The van der Waals surface area contributed by atoms with E-state index >= 15 is 0 Å². The van der Waals surface area contributed by atoms with E-state index in [4.69, 9.17) is 24.7 Å². The number of ether oxygens (including phenoxy) is 4. The molecule has 1 heterocycles. The van der Waals surface area contributed by atoms with Gasteiger partial charge in [-0.15, -0.1) is 0 Å². The predicted molar refractivity (Wildman–Crippen MR) is 128 cm³/mol. The van der Waals surface area contributed by atoms with Crippen molar-refractivity contribution in [1.82, 2.24) is 0 Å². The molecule has 2 N–H and O–H groups in total. The van der Waals surface area contributed by atoms with Gasteiger partial charge >= 0.3 is 11.9 Å². The van der Waals surface area contributed by atoms with Crippen LogP contribution in [0.2, 0.25) is 0 Å². The Labute approximate surface area is 203 Å². The molecule has 2 aromatic carbocycles.